The lowest BCUT2D eigenvalue weighted by Gasteiger charge is -2.18. The molecule has 0 N–H and O–H groups in total. The number of fused-ring (bicyclic) bond motifs is 1. The molecule has 30 heavy (non-hydrogen) atoms. The van der Waals surface area contributed by atoms with Crippen molar-refractivity contribution in [2.45, 2.75) is 32.3 Å². The van der Waals surface area contributed by atoms with Crippen LogP contribution >= 0.6 is 0 Å². The van der Waals surface area contributed by atoms with Crippen molar-refractivity contribution < 1.29 is 18.7 Å². The molecule has 0 radical (unpaired) electrons. The van der Waals surface area contributed by atoms with E-state index in [-0.39, 0.29) is 12.0 Å². The van der Waals surface area contributed by atoms with E-state index >= 15 is 0 Å². The second kappa shape index (κ2) is 8.61. The van der Waals surface area contributed by atoms with Crippen molar-refractivity contribution in [3.8, 4) is 11.5 Å². The number of nitrogens with zero attached hydrogens (tertiary/aromatic N) is 1. The van der Waals surface area contributed by atoms with Gasteiger partial charge in [0.05, 0.1) is 19.7 Å². The first kappa shape index (κ1) is 20.0. The van der Waals surface area contributed by atoms with Crippen molar-refractivity contribution >= 4 is 16.7 Å². The highest BCUT2D eigenvalue weighted by atomic mass is 16.5. The van der Waals surface area contributed by atoms with Gasteiger partial charge in [-0.1, -0.05) is 30.3 Å². The summed E-state index contributed by atoms with van der Waals surface area (Å²) in [5.41, 5.74) is 0.627. The Morgan fingerprint density at radius 3 is 2.83 bits per heavy atom. The van der Waals surface area contributed by atoms with E-state index in [9.17, 15) is 9.59 Å². The van der Waals surface area contributed by atoms with Gasteiger partial charge in [-0.05, 0) is 30.2 Å². The molecule has 1 unspecified atom stereocenters. The van der Waals surface area contributed by atoms with E-state index in [1.54, 1.807) is 20.1 Å². The van der Waals surface area contributed by atoms with Gasteiger partial charge in [-0.15, -0.1) is 0 Å². The summed E-state index contributed by atoms with van der Waals surface area (Å²) in [4.78, 5) is 26.2. The van der Waals surface area contributed by atoms with Gasteiger partial charge >= 0.3 is 5.63 Å². The molecule has 1 aliphatic rings. The molecule has 1 aromatic heterocycles. The van der Waals surface area contributed by atoms with E-state index in [0.29, 0.717) is 37.4 Å². The quantitative estimate of drug-likeness (QED) is 0.623. The lowest BCUT2D eigenvalue weighted by molar-refractivity contribution is -0.130. The smallest absolute Gasteiger partial charge is 0.339 e. The second-order valence-electron chi connectivity index (χ2n) is 7.56. The number of carbonyl (C=O) groups is 1. The SMILES string of the molecule is COc1ccc2ccccc2c1CCC(=O)N1CCC(Oc2cc(C)oc(=O)c2)C1. The fraction of sp³-hybridized carbons (Fsp3) is 0.333. The molecule has 6 nitrogen and oxygen atoms in total. The molecule has 0 aliphatic carbocycles. The summed E-state index contributed by atoms with van der Waals surface area (Å²) in [7, 11) is 1.66. The maximum absolute atomic E-state index is 12.8. The van der Waals surface area contributed by atoms with E-state index in [1.807, 2.05) is 29.2 Å². The van der Waals surface area contributed by atoms with Gasteiger partial charge in [0.15, 0.2) is 0 Å². The van der Waals surface area contributed by atoms with Crippen LogP contribution in [0.25, 0.3) is 10.8 Å². The van der Waals surface area contributed by atoms with E-state index in [2.05, 4.69) is 12.1 Å². The fourth-order valence-electron chi connectivity index (χ4n) is 4.04. The van der Waals surface area contributed by atoms with Crippen LogP contribution in [0.4, 0.5) is 0 Å². The zero-order chi connectivity index (χ0) is 21.1. The first-order chi connectivity index (χ1) is 14.5. The Morgan fingerprint density at radius 2 is 2.03 bits per heavy atom. The minimum Gasteiger partial charge on any atom is -0.496 e. The molecule has 1 aliphatic heterocycles. The zero-order valence-corrected chi connectivity index (χ0v) is 17.2. The van der Waals surface area contributed by atoms with Crippen LogP contribution in [-0.4, -0.2) is 37.1 Å². The average Bonchev–Trinajstić information content (AvgIpc) is 3.19. The van der Waals surface area contributed by atoms with Gasteiger partial charge in [0.2, 0.25) is 5.91 Å². The molecule has 4 rings (SSSR count). The van der Waals surface area contributed by atoms with Crippen molar-refractivity contribution in [3.63, 3.8) is 0 Å². The van der Waals surface area contributed by atoms with Gasteiger partial charge in [-0.25, -0.2) is 4.79 Å². The third kappa shape index (κ3) is 4.32. The molecule has 1 fully saturated rings. The lowest BCUT2D eigenvalue weighted by Crippen LogP contribution is -2.31. The molecule has 3 aromatic rings. The van der Waals surface area contributed by atoms with Crippen LogP contribution in [0.5, 0.6) is 11.5 Å². The molecule has 1 saturated heterocycles. The molecular formula is C24H25NO5. The summed E-state index contributed by atoms with van der Waals surface area (Å²) in [5.74, 6) is 1.90. The predicted molar refractivity (Wildman–Crippen MR) is 114 cm³/mol. The normalized spacial score (nSPS) is 16.1. The molecular weight excluding hydrogens is 382 g/mol. The van der Waals surface area contributed by atoms with Crippen LogP contribution in [-0.2, 0) is 11.2 Å². The van der Waals surface area contributed by atoms with Crippen molar-refractivity contribution in [1.82, 2.24) is 4.90 Å². The fourth-order valence-corrected chi connectivity index (χ4v) is 4.04. The van der Waals surface area contributed by atoms with Gasteiger partial charge in [-0.3, -0.25) is 4.79 Å². The number of likely N-dealkylation sites (tertiary alicyclic amines) is 1. The lowest BCUT2D eigenvalue weighted by atomic mass is 9.99. The number of hydrogen-bond acceptors (Lipinski definition) is 5. The Kier molecular flexibility index (Phi) is 5.74. The van der Waals surface area contributed by atoms with Crippen molar-refractivity contribution in [2.75, 3.05) is 20.2 Å². The van der Waals surface area contributed by atoms with Gasteiger partial charge < -0.3 is 18.8 Å². The van der Waals surface area contributed by atoms with Crippen LogP contribution in [0.2, 0.25) is 0 Å². The summed E-state index contributed by atoms with van der Waals surface area (Å²) in [5, 5.41) is 2.25. The predicted octanol–water partition coefficient (Wildman–Crippen LogP) is 3.72. The number of hydrogen-bond donors (Lipinski definition) is 0. The molecule has 0 saturated carbocycles. The topological polar surface area (TPSA) is 69.0 Å². The summed E-state index contributed by atoms with van der Waals surface area (Å²) >= 11 is 0. The maximum atomic E-state index is 12.8. The Hall–Kier alpha value is -3.28. The van der Waals surface area contributed by atoms with Crippen LogP contribution in [0.15, 0.2) is 57.7 Å². The third-order valence-electron chi connectivity index (χ3n) is 5.47. The molecule has 2 aromatic carbocycles. The zero-order valence-electron chi connectivity index (χ0n) is 17.2. The number of amides is 1. The van der Waals surface area contributed by atoms with Crippen molar-refractivity contribution in [3.05, 3.63) is 70.3 Å². The Labute approximate surface area is 175 Å². The largest absolute Gasteiger partial charge is 0.496 e. The van der Waals surface area contributed by atoms with Gasteiger partial charge in [0.1, 0.15) is 23.4 Å². The van der Waals surface area contributed by atoms with E-state index in [4.69, 9.17) is 13.9 Å². The second-order valence-corrected chi connectivity index (χ2v) is 7.56. The molecule has 0 bridgehead atoms. The number of benzene rings is 2. The molecule has 6 heteroatoms. The minimum absolute atomic E-state index is 0.0971. The van der Waals surface area contributed by atoms with Gasteiger partial charge in [-0.2, -0.15) is 0 Å². The maximum Gasteiger partial charge on any atom is 0.339 e. The van der Waals surface area contributed by atoms with Gasteiger partial charge in [0, 0.05) is 31.0 Å². The molecule has 156 valence electrons. The average molecular weight is 407 g/mol. The summed E-state index contributed by atoms with van der Waals surface area (Å²) < 4.78 is 16.4. The van der Waals surface area contributed by atoms with Crippen LogP contribution in [0.3, 0.4) is 0 Å². The molecule has 1 amide bonds. The van der Waals surface area contributed by atoms with E-state index < -0.39 is 5.63 Å². The highest BCUT2D eigenvalue weighted by Gasteiger charge is 2.28. The third-order valence-corrected chi connectivity index (χ3v) is 5.47. The number of carbonyl (C=O) groups excluding carboxylic acids is 1. The number of aryl methyl sites for hydroxylation is 2. The number of methoxy groups -OCH3 is 1. The van der Waals surface area contributed by atoms with Crippen LogP contribution in [0.1, 0.15) is 24.2 Å². The molecule has 0 spiro atoms. The number of ether oxygens (including phenoxy) is 2. The number of rotatable bonds is 6. The van der Waals surface area contributed by atoms with Crippen LogP contribution < -0.4 is 15.1 Å². The summed E-state index contributed by atoms with van der Waals surface area (Å²) in [6.07, 6.45) is 1.64. The van der Waals surface area contributed by atoms with E-state index in [0.717, 1.165) is 28.5 Å². The Balaban J connectivity index is 1.40. The summed E-state index contributed by atoms with van der Waals surface area (Å²) in [6.45, 7) is 2.88. The molecule has 1 atom stereocenters. The first-order valence-corrected chi connectivity index (χ1v) is 10.1. The highest BCUT2D eigenvalue weighted by Crippen LogP contribution is 2.29. The monoisotopic (exact) mass is 407 g/mol. The van der Waals surface area contributed by atoms with Crippen molar-refractivity contribution in [1.29, 1.82) is 0 Å². The van der Waals surface area contributed by atoms with Crippen LogP contribution in [0, 0.1) is 6.92 Å². The molecule has 2 heterocycles. The van der Waals surface area contributed by atoms with E-state index in [1.165, 1.54) is 6.07 Å². The van der Waals surface area contributed by atoms with Crippen molar-refractivity contribution in [2.24, 2.45) is 0 Å². The Morgan fingerprint density at radius 1 is 1.20 bits per heavy atom. The van der Waals surface area contributed by atoms with Gasteiger partial charge in [0.25, 0.3) is 0 Å². The first-order valence-electron chi connectivity index (χ1n) is 10.1. The minimum atomic E-state index is -0.431. The Bertz CT molecular complexity index is 1120. The summed E-state index contributed by atoms with van der Waals surface area (Å²) in [6, 6.07) is 15.2. The standard InChI is InChI=1S/C24H25NO5/c1-16-13-19(14-24(27)29-16)30-18-11-12-25(15-18)23(26)10-8-21-20-6-4-3-5-17(20)7-9-22(21)28-2/h3-7,9,13-14,18H,8,10-12,15H2,1-2H3. The highest BCUT2D eigenvalue weighted by molar-refractivity contribution is 5.88.